The average Bonchev–Trinajstić information content (AvgIpc) is 3.08. The fourth-order valence-corrected chi connectivity index (χ4v) is 6.25. The largest absolute Gasteiger partial charge is 0.310 e. The molecule has 2 heterocycles. The van der Waals surface area contributed by atoms with Crippen molar-refractivity contribution in [2.75, 3.05) is 4.90 Å². The van der Waals surface area contributed by atoms with Crippen molar-refractivity contribution in [3.8, 4) is 34.2 Å². The quantitative estimate of drug-likeness (QED) is 0.199. The molecule has 0 spiro atoms. The predicted molar refractivity (Wildman–Crippen MR) is 182 cm³/mol. The molecule has 1 aliphatic heterocycles. The second-order valence-electron chi connectivity index (χ2n) is 11.9. The summed E-state index contributed by atoms with van der Waals surface area (Å²) in [7, 11) is 0. The van der Waals surface area contributed by atoms with Gasteiger partial charge in [0.2, 0.25) is 0 Å². The van der Waals surface area contributed by atoms with Gasteiger partial charge in [-0.15, -0.1) is 0 Å². The third kappa shape index (κ3) is 4.87. The van der Waals surface area contributed by atoms with Crippen LogP contribution in [0, 0.1) is 0 Å². The van der Waals surface area contributed by atoms with E-state index in [9.17, 15) is 0 Å². The number of hydrogen-bond acceptors (Lipinski definition) is 4. The molecule has 0 amide bonds. The van der Waals surface area contributed by atoms with E-state index in [1.807, 2.05) is 0 Å². The van der Waals surface area contributed by atoms with Gasteiger partial charge in [-0.2, -0.15) is 0 Å². The van der Waals surface area contributed by atoms with Gasteiger partial charge in [0.1, 0.15) is 0 Å². The zero-order valence-corrected chi connectivity index (χ0v) is 25.8. The maximum absolute atomic E-state index is 4.99. The van der Waals surface area contributed by atoms with E-state index < -0.39 is 0 Å². The van der Waals surface area contributed by atoms with Gasteiger partial charge in [0.15, 0.2) is 17.5 Å². The van der Waals surface area contributed by atoms with E-state index in [0.717, 1.165) is 35.2 Å². The van der Waals surface area contributed by atoms with E-state index >= 15 is 0 Å². The molecule has 0 saturated heterocycles. The van der Waals surface area contributed by atoms with Gasteiger partial charge >= 0.3 is 0 Å². The van der Waals surface area contributed by atoms with Crippen LogP contribution in [0.2, 0.25) is 0 Å². The second-order valence-corrected chi connectivity index (χ2v) is 11.9. The van der Waals surface area contributed by atoms with E-state index in [2.05, 4.69) is 154 Å². The zero-order valence-electron chi connectivity index (χ0n) is 25.8. The van der Waals surface area contributed by atoms with Crippen molar-refractivity contribution < 1.29 is 0 Å². The van der Waals surface area contributed by atoms with Crippen molar-refractivity contribution in [3.63, 3.8) is 0 Å². The molecule has 0 bridgehead atoms. The fraction of sp³-hybridized carbons (Fsp3) is 0.175. The summed E-state index contributed by atoms with van der Waals surface area (Å²) in [5.41, 5.74) is 11.6. The van der Waals surface area contributed by atoms with Gasteiger partial charge in [0.05, 0.1) is 11.4 Å². The number of rotatable bonds is 6. The fourth-order valence-electron chi connectivity index (χ4n) is 6.25. The zero-order chi connectivity index (χ0) is 30.3. The van der Waals surface area contributed by atoms with Crippen molar-refractivity contribution >= 4 is 17.1 Å². The molecule has 0 saturated carbocycles. The molecule has 4 nitrogen and oxygen atoms in total. The Balaban J connectivity index is 1.32. The van der Waals surface area contributed by atoms with E-state index in [-0.39, 0.29) is 5.41 Å². The number of hydrogen-bond donors (Lipinski definition) is 0. The van der Waals surface area contributed by atoms with E-state index in [1.54, 1.807) is 0 Å². The highest BCUT2D eigenvalue weighted by Crippen LogP contribution is 2.51. The molecular weight excluding hydrogens is 536 g/mol. The minimum Gasteiger partial charge on any atom is -0.310 e. The van der Waals surface area contributed by atoms with Crippen LogP contribution < -0.4 is 4.90 Å². The van der Waals surface area contributed by atoms with Crippen LogP contribution in [0.15, 0.2) is 121 Å². The predicted octanol–water partition coefficient (Wildman–Crippen LogP) is 10.1. The Morgan fingerprint density at radius 1 is 0.477 bits per heavy atom. The van der Waals surface area contributed by atoms with E-state index in [0.29, 0.717) is 17.5 Å². The highest BCUT2D eigenvalue weighted by molar-refractivity contribution is 5.86. The number of aryl methyl sites for hydroxylation is 2. The molecule has 0 fully saturated rings. The summed E-state index contributed by atoms with van der Waals surface area (Å²) in [6.07, 6.45) is 1.99. The van der Waals surface area contributed by atoms with Crippen LogP contribution in [0.1, 0.15) is 49.9 Å². The molecule has 44 heavy (non-hydrogen) atoms. The first-order valence-electron chi connectivity index (χ1n) is 15.5. The Hall–Kier alpha value is -5.09. The molecule has 0 radical (unpaired) electrons. The molecule has 1 aromatic heterocycles. The first kappa shape index (κ1) is 27.7. The Morgan fingerprint density at radius 3 is 1.23 bits per heavy atom. The minimum atomic E-state index is -0.0913. The Bertz CT molecular complexity index is 1820. The minimum absolute atomic E-state index is 0.0913. The van der Waals surface area contributed by atoms with Crippen molar-refractivity contribution in [2.45, 2.75) is 46.0 Å². The van der Waals surface area contributed by atoms with Crippen LogP contribution in [0.25, 0.3) is 34.2 Å². The summed E-state index contributed by atoms with van der Waals surface area (Å²) in [6, 6.07) is 43.1. The van der Waals surface area contributed by atoms with E-state index in [1.165, 1.54) is 33.6 Å². The van der Waals surface area contributed by atoms with Crippen molar-refractivity contribution in [1.29, 1.82) is 0 Å². The number of anilines is 3. The SMILES string of the molecule is CCc1ccc(-c2nc(-c3ccc(CC)cc3)nc(-c3ccc(N4c5ccccc5C(C)(C)c5ccccc54)cc3)n2)cc1. The first-order valence-corrected chi connectivity index (χ1v) is 15.5. The summed E-state index contributed by atoms with van der Waals surface area (Å²) in [5.74, 6) is 2.02. The summed E-state index contributed by atoms with van der Waals surface area (Å²) < 4.78 is 0. The lowest BCUT2D eigenvalue weighted by molar-refractivity contribution is 0.632. The lowest BCUT2D eigenvalue weighted by Crippen LogP contribution is -2.30. The smallest absolute Gasteiger partial charge is 0.164 e. The van der Waals surface area contributed by atoms with Gasteiger partial charge in [-0.25, -0.2) is 15.0 Å². The average molecular weight is 573 g/mol. The molecule has 6 aromatic rings. The molecule has 0 unspecified atom stereocenters. The molecule has 1 aliphatic rings. The Morgan fingerprint density at radius 2 is 0.841 bits per heavy atom. The number of fused-ring (bicyclic) bond motifs is 2. The standard InChI is InChI=1S/C40H36N4/c1-5-27-15-19-29(20-16-27)37-41-38(30-21-17-28(6-2)18-22-30)43-39(42-37)31-23-25-32(26-24-31)44-35-13-9-7-11-33(35)40(3,4)34-12-8-10-14-36(34)44/h7-26H,5-6H2,1-4H3. The third-order valence-electron chi connectivity index (χ3n) is 8.90. The molecule has 0 atom stereocenters. The molecule has 0 N–H and O–H groups in total. The van der Waals surface area contributed by atoms with Crippen molar-refractivity contribution in [3.05, 3.63) is 144 Å². The number of para-hydroxylation sites is 2. The molecule has 5 aromatic carbocycles. The maximum Gasteiger partial charge on any atom is 0.164 e. The highest BCUT2D eigenvalue weighted by Gasteiger charge is 2.36. The maximum atomic E-state index is 4.99. The molecule has 0 aliphatic carbocycles. The van der Waals surface area contributed by atoms with Gasteiger partial charge < -0.3 is 4.90 Å². The number of nitrogens with zero attached hydrogens (tertiary/aromatic N) is 4. The third-order valence-corrected chi connectivity index (χ3v) is 8.90. The van der Waals surface area contributed by atoms with Crippen LogP contribution in [0.5, 0.6) is 0 Å². The van der Waals surface area contributed by atoms with Crippen LogP contribution >= 0.6 is 0 Å². The van der Waals surface area contributed by atoms with Crippen LogP contribution in [0.3, 0.4) is 0 Å². The van der Waals surface area contributed by atoms with Crippen LogP contribution in [0.4, 0.5) is 17.1 Å². The van der Waals surface area contributed by atoms with Gasteiger partial charge in [0.25, 0.3) is 0 Å². The summed E-state index contributed by atoms with van der Waals surface area (Å²) >= 11 is 0. The normalized spacial score (nSPS) is 13.3. The van der Waals surface area contributed by atoms with Gasteiger partial charge in [-0.1, -0.05) is 113 Å². The van der Waals surface area contributed by atoms with Crippen molar-refractivity contribution in [2.24, 2.45) is 0 Å². The molecule has 216 valence electrons. The second kappa shape index (κ2) is 11.2. The Kier molecular flexibility index (Phi) is 7.06. The Labute approximate surface area is 260 Å². The summed E-state index contributed by atoms with van der Waals surface area (Å²) in [4.78, 5) is 17.3. The lowest BCUT2D eigenvalue weighted by Gasteiger charge is -2.42. The summed E-state index contributed by atoms with van der Waals surface area (Å²) in [6.45, 7) is 8.96. The number of benzene rings is 5. The van der Waals surface area contributed by atoms with Gasteiger partial charge in [0, 0.05) is 27.8 Å². The first-order chi connectivity index (χ1) is 21.5. The molecule has 7 rings (SSSR count). The van der Waals surface area contributed by atoms with E-state index in [4.69, 9.17) is 15.0 Å². The van der Waals surface area contributed by atoms with Crippen LogP contribution in [-0.4, -0.2) is 15.0 Å². The topological polar surface area (TPSA) is 41.9 Å². The van der Waals surface area contributed by atoms with Gasteiger partial charge in [-0.3, -0.25) is 0 Å². The highest BCUT2D eigenvalue weighted by atomic mass is 15.2. The molecule has 4 heteroatoms. The van der Waals surface area contributed by atoms with Crippen molar-refractivity contribution in [1.82, 2.24) is 15.0 Å². The van der Waals surface area contributed by atoms with Gasteiger partial charge in [-0.05, 0) is 71.5 Å². The molecular formula is C40H36N4. The van der Waals surface area contributed by atoms with Crippen LogP contribution in [-0.2, 0) is 18.3 Å². The monoisotopic (exact) mass is 572 g/mol. The lowest BCUT2D eigenvalue weighted by atomic mass is 9.73. The number of aromatic nitrogens is 3. The summed E-state index contributed by atoms with van der Waals surface area (Å²) in [5, 5.41) is 0.